The van der Waals surface area contributed by atoms with Crippen molar-refractivity contribution in [3.05, 3.63) is 89.6 Å². The van der Waals surface area contributed by atoms with E-state index in [-0.39, 0.29) is 11.9 Å². The Morgan fingerprint density at radius 1 is 1.07 bits per heavy atom. The highest BCUT2D eigenvalue weighted by molar-refractivity contribution is 5.94. The zero-order valence-electron chi connectivity index (χ0n) is 15.5. The number of anilines is 1. The van der Waals surface area contributed by atoms with E-state index >= 15 is 0 Å². The maximum Gasteiger partial charge on any atom is 0.251 e. The van der Waals surface area contributed by atoms with Crippen LogP contribution in [0.2, 0.25) is 0 Å². The molecule has 2 N–H and O–H groups in total. The van der Waals surface area contributed by atoms with Crippen LogP contribution in [-0.2, 0) is 6.54 Å². The number of carbonyl (C=O) groups excluding carboxylic acids is 1. The fourth-order valence-electron chi connectivity index (χ4n) is 2.82. The second-order valence-corrected chi connectivity index (χ2v) is 6.20. The fraction of sp³-hybridized carbons (Fsp3) is 0.182. The highest BCUT2D eigenvalue weighted by atomic mass is 16.5. The van der Waals surface area contributed by atoms with E-state index < -0.39 is 0 Å². The Hall–Kier alpha value is -3.34. The van der Waals surface area contributed by atoms with Crippen LogP contribution >= 0.6 is 0 Å². The third-order valence-electron chi connectivity index (χ3n) is 4.32. The molecule has 27 heavy (non-hydrogen) atoms. The van der Waals surface area contributed by atoms with Gasteiger partial charge in [0.05, 0.1) is 7.11 Å². The van der Waals surface area contributed by atoms with Crippen LogP contribution in [0, 0.1) is 0 Å². The zero-order valence-corrected chi connectivity index (χ0v) is 15.5. The summed E-state index contributed by atoms with van der Waals surface area (Å²) >= 11 is 0. The summed E-state index contributed by atoms with van der Waals surface area (Å²) in [6.45, 7) is 2.46. The third kappa shape index (κ3) is 4.85. The van der Waals surface area contributed by atoms with Crippen molar-refractivity contribution in [3.63, 3.8) is 0 Å². The Labute approximate surface area is 159 Å². The molecule has 0 saturated heterocycles. The molecule has 0 bridgehead atoms. The summed E-state index contributed by atoms with van der Waals surface area (Å²) in [5, 5.41) is 6.26. The number of benzene rings is 2. The average molecular weight is 361 g/mol. The van der Waals surface area contributed by atoms with Crippen molar-refractivity contribution in [2.45, 2.75) is 19.5 Å². The summed E-state index contributed by atoms with van der Waals surface area (Å²) < 4.78 is 5.32. The summed E-state index contributed by atoms with van der Waals surface area (Å²) in [6.07, 6.45) is 1.64. The predicted octanol–water partition coefficient (Wildman–Crippen LogP) is 4.19. The second kappa shape index (κ2) is 8.85. The molecule has 0 aliphatic heterocycles. The van der Waals surface area contributed by atoms with Crippen molar-refractivity contribution < 1.29 is 9.53 Å². The van der Waals surface area contributed by atoms with E-state index in [0.717, 1.165) is 16.9 Å². The van der Waals surface area contributed by atoms with Gasteiger partial charge in [0.2, 0.25) is 0 Å². The van der Waals surface area contributed by atoms with Gasteiger partial charge in [-0.1, -0.05) is 48.5 Å². The number of nitrogens with zero attached hydrogens (tertiary/aromatic N) is 1. The van der Waals surface area contributed by atoms with E-state index in [0.29, 0.717) is 17.9 Å². The molecule has 3 rings (SSSR count). The van der Waals surface area contributed by atoms with Crippen LogP contribution in [0.5, 0.6) is 5.75 Å². The fourth-order valence-corrected chi connectivity index (χ4v) is 2.82. The largest absolute Gasteiger partial charge is 0.496 e. The van der Waals surface area contributed by atoms with Gasteiger partial charge in [-0.25, -0.2) is 4.98 Å². The van der Waals surface area contributed by atoms with Crippen molar-refractivity contribution >= 4 is 11.7 Å². The molecule has 5 heteroatoms. The maximum absolute atomic E-state index is 12.5. The minimum Gasteiger partial charge on any atom is -0.496 e. The van der Waals surface area contributed by atoms with E-state index in [2.05, 4.69) is 34.7 Å². The van der Waals surface area contributed by atoms with Crippen LogP contribution in [0.4, 0.5) is 5.82 Å². The van der Waals surface area contributed by atoms with Crippen LogP contribution in [0.25, 0.3) is 0 Å². The molecule has 1 aromatic heterocycles. The Balaban J connectivity index is 1.65. The Bertz CT molecular complexity index is 897. The molecule has 138 valence electrons. The smallest absolute Gasteiger partial charge is 0.251 e. The molecule has 1 heterocycles. The molecule has 0 radical (unpaired) electrons. The molecule has 1 amide bonds. The molecule has 2 aromatic carbocycles. The van der Waals surface area contributed by atoms with Crippen LogP contribution in [-0.4, -0.2) is 18.0 Å². The molecular weight excluding hydrogens is 338 g/mol. The summed E-state index contributed by atoms with van der Waals surface area (Å²) in [4.78, 5) is 16.8. The second-order valence-electron chi connectivity index (χ2n) is 6.20. The van der Waals surface area contributed by atoms with Gasteiger partial charge in [0.25, 0.3) is 5.91 Å². The number of ether oxygens (including phenoxy) is 1. The number of carbonyl (C=O) groups is 1. The van der Waals surface area contributed by atoms with E-state index in [1.165, 1.54) is 0 Å². The number of methoxy groups -OCH3 is 1. The Morgan fingerprint density at radius 3 is 2.59 bits per heavy atom. The lowest BCUT2D eigenvalue weighted by Crippen LogP contribution is -2.23. The van der Waals surface area contributed by atoms with E-state index in [1.807, 2.05) is 42.5 Å². The topological polar surface area (TPSA) is 63.2 Å². The maximum atomic E-state index is 12.5. The van der Waals surface area contributed by atoms with Crippen LogP contribution in [0.1, 0.15) is 34.5 Å². The van der Waals surface area contributed by atoms with E-state index in [4.69, 9.17) is 4.74 Å². The molecule has 5 nitrogen and oxygen atoms in total. The summed E-state index contributed by atoms with van der Waals surface area (Å²) in [5.74, 6) is 1.27. The van der Waals surface area contributed by atoms with E-state index in [9.17, 15) is 4.79 Å². The first-order valence-electron chi connectivity index (χ1n) is 8.85. The SMILES string of the molecule is COc1ccccc1CNC(=O)c1ccnc(NC(C)c2ccccc2)c1. The molecular formula is C22H23N3O2. The first kappa shape index (κ1) is 18.5. The molecule has 0 saturated carbocycles. The molecule has 0 aliphatic carbocycles. The van der Waals surface area contributed by atoms with Gasteiger partial charge in [0, 0.05) is 29.9 Å². The van der Waals surface area contributed by atoms with Gasteiger partial charge in [-0.05, 0) is 30.7 Å². The lowest BCUT2D eigenvalue weighted by Gasteiger charge is -2.15. The van der Waals surface area contributed by atoms with Gasteiger partial charge in [-0.3, -0.25) is 4.79 Å². The van der Waals surface area contributed by atoms with E-state index in [1.54, 1.807) is 25.4 Å². The van der Waals surface area contributed by atoms with Crippen molar-refractivity contribution in [1.82, 2.24) is 10.3 Å². The normalized spacial score (nSPS) is 11.5. The number of hydrogen-bond acceptors (Lipinski definition) is 4. The lowest BCUT2D eigenvalue weighted by atomic mass is 10.1. The molecule has 1 atom stereocenters. The first-order chi connectivity index (χ1) is 13.2. The van der Waals surface area contributed by atoms with Crippen LogP contribution < -0.4 is 15.4 Å². The van der Waals surface area contributed by atoms with Gasteiger partial charge >= 0.3 is 0 Å². The van der Waals surface area contributed by atoms with Crippen molar-refractivity contribution in [2.24, 2.45) is 0 Å². The average Bonchev–Trinajstić information content (AvgIpc) is 2.73. The van der Waals surface area contributed by atoms with Gasteiger partial charge in [-0.2, -0.15) is 0 Å². The lowest BCUT2D eigenvalue weighted by molar-refractivity contribution is 0.0950. The minimum absolute atomic E-state index is 0.0885. The number of hydrogen-bond donors (Lipinski definition) is 2. The molecule has 0 aliphatic rings. The number of nitrogens with one attached hydrogen (secondary N) is 2. The number of amides is 1. The number of aromatic nitrogens is 1. The van der Waals surface area contributed by atoms with Crippen molar-refractivity contribution in [2.75, 3.05) is 12.4 Å². The minimum atomic E-state index is -0.154. The first-order valence-corrected chi connectivity index (χ1v) is 8.85. The summed E-state index contributed by atoms with van der Waals surface area (Å²) in [7, 11) is 1.62. The van der Waals surface area contributed by atoms with Crippen LogP contribution in [0.3, 0.4) is 0 Å². The van der Waals surface area contributed by atoms with Crippen molar-refractivity contribution in [1.29, 1.82) is 0 Å². The van der Waals surface area contributed by atoms with Crippen molar-refractivity contribution in [3.8, 4) is 5.75 Å². The predicted molar refractivity (Wildman–Crippen MR) is 107 cm³/mol. The van der Waals surface area contributed by atoms with Crippen LogP contribution in [0.15, 0.2) is 72.9 Å². The highest BCUT2D eigenvalue weighted by Crippen LogP contribution is 2.19. The number of pyridine rings is 1. The Morgan fingerprint density at radius 2 is 1.81 bits per heavy atom. The summed E-state index contributed by atoms with van der Waals surface area (Å²) in [6, 6.07) is 21.3. The molecule has 1 unspecified atom stereocenters. The quantitative estimate of drug-likeness (QED) is 0.662. The monoisotopic (exact) mass is 361 g/mol. The molecule has 3 aromatic rings. The van der Waals surface area contributed by atoms with Gasteiger partial charge in [-0.15, -0.1) is 0 Å². The van der Waals surface area contributed by atoms with Gasteiger partial charge in [0.1, 0.15) is 11.6 Å². The highest BCUT2D eigenvalue weighted by Gasteiger charge is 2.10. The molecule has 0 fully saturated rings. The molecule has 0 spiro atoms. The third-order valence-corrected chi connectivity index (χ3v) is 4.32. The van der Waals surface area contributed by atoms with Gasteiger partial charge < -0.3 is 15.4 Å². The number of para-hydroxylation sites is 1. The zero-order chi connectivity index (χ0) is 19.1. The standard InChI is InChI=1S/C22H23N3O2/c1-16(17-8-4-3-5-9-17)25-21-14-18(12-13-23-21)22(26)24-15-19-10-6-7-11-20(19)27-2/h3-14,16H,15H2,1-2H3,(H,23,25)(H,24,26). The van der Waals surface area contributed by atoms with Gasteiger partial charge in [0.15, 0.2) is 0 Å². The number of rotatable bonds is 7. The Kier molecular flexibility index (Phi) is 6.05. The summed E-state index contributed by atoms with van der Waals surface area (Å²) in [5.41, 5.74) is 2.64.